The highest BCUT2D eigenvalue weighted by atomic mass is 16.5. The number of carbonyl (C=O) groups excluding carboxylic acids is 2. The normalized spacial score (nSPS) is 16.9. The van der Waals surface area contributed by atoms with E-state index in [1.54, 1.807) is 36.7 Å². The third-order valence-corrected chi connectivity index (χ3v) is 6.48. The standard InChI is InChI=1S/C30H33N3O4/c1-5-32(6-2)24-11-7-22(8-12-24)27-26(28(34)23-9-13-25(14-10-23)37-20(3)4)29(35)30(36)33(27)19-21-15-17-31-18-16-21/h7-18,20,27,34H,5-6,19H2,1-4H3/b28-26-. The van der Waals surface area contributed by atoms with Gasteiger partial charge >= 0.3 is 0 Å². The first-order valence-corrected chi connectivity index (χ1v) is 12.6. The molecule has 1 aromatic heterocycles. The Hall–Kier alpha value is -4.13. The van der Waals surface area contributed by atoms with Crippen LogP contribution < -0.4 is 9.64 Å². The Morgan fingerprint density at radius 2 is 1.59 bits per heavy atom. The van der Waals surface area contributed by atoms with E-state index in [-0.39, 0.29) is 24.0 Å². The maximum atomic E-state index is 13.3. The third-order valence-electron chi connectivity index (χ3n) is 6.48. The van der Waals surface area contributed by atoms with Crippen molar-refractivity contribution in [2.75, 3.05) is 18.0 Å². The van der Waals surface area contributed by atoms with Gasteiger partial charge in [-0.3, -0.25) is 14.6 Å². The van der Waals surface area contributed by atoms with Crippen molar-refractivity contribution in [1.82, 2.24) is 9.88 Å². The van der Waals surface area contributed by atoms with Crippen LogP contribution in [0.4, 0.5) is 5.69 Å². The fourth-order valence-corrected chi connectivity index (χ4v) is 4.65. The molecule has 4 rings (SSSR count). The summed E-state index contributed by atoms with van der Waals surface area (Å²) >= 11 is 0. The SMILES string of the molecule is CCN(CC)c1ccc(C2/C(=C(/O)c3ccc(OC(C)C)cc3)C(=O)C(=O)N2Cc2ccncc2)cc1. The van der Waals surface area contributed by atoms with E-state index in [2.05, 4.69) is 23.7 Å². The van der Waals surface area contributed by atoms with Gasteiger partial charge in [0.25, 0.3) is 11.7 Å². The lowest BCUT2D eigenvalue weighted by atomic mass is 9.95. The van der Waals surface area contributed by atoms with E-state index in [9.17, 15) is 14.7 Å². The van der Waals surface area contributed by atoms with Crippen LogP contribution in [-0.2, 0) is 16.1 Å². The molecule has 192 valence electrons. The van der Waals surface area contributed by atoms with E-state index in [4.69, 9.17) is 4.74 Å². The first-order chi connectivity index (χ1) is 17.8. The molecule has 2 heterocycles. The number of anilines is 1. The molecule has 1 aliphatic heterocycles. The predicted molar refractivity (Wildman–Crippen MR) is 144 cm³/mol. The number of hydrogen-bond acceptors (Lipinski definition) is 6. The van der Waals surface area contributed by atoms with Crippen molar-refractivity contribution in [3.63, 3.8) is 0 Å². The highest BCUT2D eigenvalue weighted by Crippen LogP contribution is 2.41. The second kappa shape index (κ2) is 11.3. The van der Waals surface area contributed by atoms with E-state index in [1.807, 2.05) is 50.2 Å². The van der Waals surface area contributed by atoms with Crippen LogP contribution in [0.3, 0.4) is 0 Å². The topological polar surface area (TPSA) is 83.0 Å². The third kappa shape index (κ3) is 5.50. The van der Waals surface area contributed by atoms with Crippen molar-refractivity contribution in [1.29, 1.82) is 0 Å². The van der Waals surface area contributed by atoms with Gasteiger partial charge in [0.2, 0.25) is 0 Å². The van der Waals surface area contributed by atoms with Crippen LogP contribution in [0.2, 0.25) is 0 Å². The monoisotopic (exact) mass is 499 g/mol. The highest BCUT2D eigenvalue weighted by Gasteiger charge is 2.46. The van der Waals surface area contributed by atoms with E-state index in [0.29, 0.717) is 11.3 Å². The number of aromatic nitrogens is 1. The average molecular weight is 500 g/mol. The second-order valence-electron chi connectivity index (χ2n) is 9.24. The van der Waals surface area contributed by atoms with E-state index in [1.165, 1.54) is 4.90 Å². The van der Waals surface area contributed by atoms with E-state index >= 15 is 0 Å². The Balaban J connectivity index is 1.79. The zero-order valence-electron chi connectivity index (χ0n) is 21.7. The maximum Gasteiger partial charge on any atom is 0.295 e. The summed E-state index contributed by atoms with van der Waals surface area (Å²) in [5.41, 5.74) is 3.18. The van der Waals surface area contributed by atoms with Gasteiger partial charge in [-0.15, -0.1) is 0 Å². The lowest BCUT2D eigenvalue weighted by Gasteiger charge is -2.26. The van der Waals surface area contributed by atoms with Crippen LogP contribution >= 0.6 is 0 Å². The lowest BCUT2D eigenvalue weighted by Crippen LogP contribution is -2.29. The van der Waals surface area contributed by atoms with Crippen molar-refractivity contribution in [3.8, 4) is 5.75 Å². The summed E-state index contributed by atoms with van der Waals surface area (Å²) in [6.07, 6.45) is 3.32. The van der Waals surface area contributed by atoms with Gasteiger partial charge in [-0.1, -0.05) is 12.1 Å². The van der Waals surface area contributed by atoms with Gasteiger partial charge in [-0.25, -0.2) is 0 Å². The van der Waals surface area contributed by atoms with Gasteiger partial charge in [0.1, 0.15) is 11.5 Å². The van der Waals surface area contributed by atoms with Crippen LogP contribution in [-0.4, -0.2) is 45.9 Å². The molecule has 37 heavy (non-hydrogen) atoms. The van der Waals surface area contributed by atoms with Crippen LogP contribution in [0, 0.1) is 0 Å². The number of aliphatic hydroxyl groups excluding tert-OH is 1. The molecule has 1 atom stereocenters. The zero-order valence-corrected chi connectivity index (χ0v) is 21.7. The first-order valence-electron chi connectivity index (χ1n) is 12.6. The first kappa shape index (κ1) is 25.9. The minimum Gasteiger partial charge on any atom is -0.507 e. The van der Waals surface area contributed by atoms with Crippen molar-refractivity contribution in [2.45, 2.75) is 46.4 Å². The molecule has 0 spiro atoms. The minimum atomic E-state index is -0.731. The number of benzene rings is 2. The molecule has 0 aliphatic carbocycles. The number of ketones is 1. The zero-order chi connectivity index (χ0) is 26.5. The molecule has 0 radical (unpaired) electrons. The van der Waals surface area contributed by atoms with Crippen LogP contribution in [0.15, 0.2) is 78.6 Å². The quantitative estimate of drug-likeness (QED) is 0.243. The Kier molecular flexibility index (Phi) is 7.92. The fraction of sp³-hybridized carbons (Fsp3) is 0.300. The van der Waals surface area contributed by atoms with Crippen molar-refractivity contribution in [2.24, 2.45) is 0 Å². The van der Waals surface area contributed by atoms with Crippen molar-refractivity contribution >= 4 is 23.1 Å². The van der Waals surface area contributed by atoms with E-state index in [0.717, 1.165) is 29.9 Å². The largest absolute Gasteiger partial charge is 0.507 e. The predicted octanol–water partition coefficient (Wildman–Crippen LogP) is 5.34. The number of carbonyl (C=O) groups is 2. The van der Waals surface area contributed by atoms with Crippen LogP contribution in [0.25, 0.3) is 5.76 Å². The van der Waals surface area contributed by atoms with Gasteiger partial charge in [-0.05, 0) is 87.4 Å². The van der Waals surface area contributed by atoms with Gasteiger partial charge in [0.05, 0.1) is 17.7 Å². The average Bonchev–Trinajstić information content (AvgIpc) is 3.15. The minimum absolute atomic E-state index is 0.0114. The summed E-state index contributed by atoms with van der Waals surface area (Å²) in [5.74, 6) is -0.888. The number of likely N-dealkylation sites (tertiary alicyclic amines) is 1. The Morgan fingerprint density at radius 3 is 2.16 bits per heavy atom. The molecule has 3 aromatic rings. The number of Topliss-reactive ketones (excluding diaryl/α,β-unsaturated/α-hetero) is 1. The number of ether oxygens (including phenoxy) is 1. The Morgan fingerprint density at radius 1 is 0.973 bits per heavy atom. The molecular formula is C30H33N3O4. The molecule has 0 bridgehead atoms. The number of hydrogen-bond donors (Lipinski definition) is 1. The van der Waals surface area contributed by atoms with Gasteiger partial charge in [-0.2, -0.15) is 0 Å². The number of amides is 1. The molecule has 7 nitrogen and oxygen atoms in total. The molecule has 1 aliphatic rings. The summed E-state index contributed by atoms with van der Waals surface area (Å²) in [4.78, 5) is 34.4. The van der Waals surface area contributed by atoms with Crippen LogP contribution in [0.5, 0.6) is 5.75 Å². The van der Waals surface area contributed by atoms with Gasteiger partial charge in [0, 0.05) is 43.3 Å². The molecule has 1 amide bonds. The summed E-state index contributed by atoms with van der Waals surface area (Å²) in [6.45, 7) is 10.0. The number of nitrogens with zero attached hydrogens (tertiary/aromatic N) is 3. The number of rotatable bonds is 9. The summed E-state index contributed by atoms with van der Waals surface area (Å²) in [7, 11) is 0. The maximum absolute atomic E-state index is 13.3. The molecule has 1 N–H and O–H groups in total. The molecule has 0 saturated carbocycles. The smallest absolute Gasteiger partial charge is 0.295 e. The van der Waals surface area contributed by atoms with Crippen LogP contribution in [0.1, 0.15) is 50.4 Å². The molecule has 1 unspecified atom stereocenters. The fourth-order valence-electron chi connectivity index (χ4n) is 4.65. The second-order valence-corrected chi connectivity index (χ2v) is 9.24. The summed E-state index contributed by atoms with van der Waals surface area (Å²) < 4.78 is 5.70. The molecule has 1 fully saturated rings. The molecule has 1 saturated heterocycles. The number of aliphatic hydroxyl groups is 1. The molecule has 7 heteroatoms. The Bertz CT molecular complexity index is 1260. The Labute approximate surface area is 218 Å². The summed E-state index contributed by atoms with van der Waals surface area (Å²) in [5, 5.41) is 11.3. The highest BCUT2D eigenvalue weighted by molar-refractivity contribution is 6.46. The summed E-state index contributed by atoms with van der Waals surface area (Å²) in [6, 6.07) is 17.6. The molecule has 2 aromatic carbocycles. The lowest BCUT2D eigenvalue weighted by molar-refractivity contribution is -0.140. The van der Waals surface area contributed by atoms with Crippen molar-refractivity contribution < 1.29 is 19.4 Å². The molecular weight excluding hydrogens is 466 g/mol. The van der Waals surface area contributed by atoms with Gasteiger partial charge in [0.15, 0.2) is 0 Å². The van der Waals surface area contributed by atoms with Gasteiger partial charge < -0.3 is 19.6 Å². The van der Waals surface area contributed by atoms with E-state index < -0.39 is 17.7 Å². The van der Waals surface area contributed by atoms with Crippen molar-refractivity contribution in [3.05, 3.63) is 95.3 Å². The number of pyridine rings is 1.